The molecular weight excluding hydrogens is 240 g/mol. The zero-order chi connectivity index (χ0) is 13.7. The van der Waals surface area contributed by atoms with E-state index in [1.54, 1.807) is 6.26 Å². The lowest BCUT2D eigenvalue weighted by Gasteiger charge is -2.22. The number of amides is 2. The van der Waals surface area contributed by atoms with Gasteiger partial charge in [-0.2, -0.15) is 0 Å². The summed E-state index contributed by atoms with van der Waals surface area (Å²) < 4.78 is 5.38. The van der Waals surface area contributed by atoms with Crippen molar-refractivity contribution in [3.63, 3.8) is 0 Å². The fourth-order valence-electron chi connectivity index (χ4n) is 1.75. The second-order valence-corrected chi connectivity index (χ2v) is 5.03. The largest absolute Gasteiger partial charge is 0.469 e. The quantitative estimate of drug-likeness (QED) is 0.883. The van der Waals surface area contributed by atoms with Gasteiger partial charge >= 0.3 is 6.03 Å². The number of hydrogen-bond acceptors (Lipinski definition) is 2. The molecule has 0 saturated carbocycles. The summed E-state index contributed by atoms with van der Waals surface area (Å²) in [7, 11) is 0. The van der Waals surface area contributed by atoms with Crippen LogP contribution in [0, 0.1) is 0 Å². The van der Waals surface area contributed by atoms with E-state index in [4.69, 9.17) is 4.42 Å². The molecule has 0 spiro atoms. The number of nitrogens with one attached hydrogen (secondary N) is 2. The highest BCUT2D eigenvalue weighted by Crippen LogP contribution is 2.22. The Labute approximate surface area is 112 Å². The third-order valence-corrected chi connectivity index (χ3v) is 2.91. The van der Waals surface area contributed by atoms with E-state index in [1.807, 2.05) is 56.3 Å². The van der Waals surface area contributed by atoms with Crippen molar-refractivity contribution >= 4 is 11.7 Å². The SMILES string of the molecule is CC(C)(CNC(=O)Nc1ccccc1)c1ccco1. The number of carbonyl (C=O) groups excluding carboxylic acids is 1. The van der Waals surface area contributed by atoms with Crippen LogP contribution >= 0.6 is 0 Å². The molecule has 0 aliphatic rings. The van der Waals surface area contributed by atoms with Gasteiger partial charge in [0, 0.05) is 17.6 Å². The van der Waals surface area contributed by atoms with Crippen LogP contribution in [0.5, 0.6) is 0 Å². The minimum absolute atomic E-state index is 0.217. The van der Waals surface area contributed by atoms with Crippen LogP contribution in [0.3, 0.4) is 0 Å². The maximum atomic E-state index is 11.8. The zero-order valence-corrected chi connectivity index (χ0v) is 11.1. The molecule has 2 amide bonds. The van der Waals surface area contributed by atoms with Gasteiger partial charge in [0.15, 0.2) is 0 Å². The van der Waals surface area contributed by atoms with Crippen LogP contribution in [0.1, 0.15) is 19.6 Å². The summed E-state index contributed by atoms with van der Waals surface area (Å²) >= 11 is 0. The first-order valence-electron chi connectivity index (χ1n) is 6.22. The van der Waals surface area contributed by atoms with Crippen LogP contribution in [-0.2, 0) is 5.41 Å². The minimum atomic E-state index is -0.239. The second kappa shape index (κ2) is 5.61. The van der Waals surface area contributed by atoms with E-state index >= 15 is 0 Å². The van der Waals surface area contributed by atoms with E-state index in [0.717, 1.165) is 11.4 Å². The van der Waals surface area contributed by atoms with Gasteiger partial charge in [-0.1, -0.05) is 32.0 Å². The van der Waals surface area contributed by atoms with E-state index < -0.39 is 0 Å². The molecule has 4 nitrogen and oxygen atoms in total. The van der Waals surface area contributed by atoms with Crippen molar-refractivity contribution in [1.29, 1.82) is 0 Å². The van der Waals surface area contributed by atoms with E-state index in [-0.39, 0.29) is 11.4 Å². The van der Waals surface area contributed by atoms with Gasteiger partial charge in [-0.25, -0.2) is 4.79 Å². The van der Waals surface area contributed by atoms with E-state index in [0.29, 0.717) is 6.54 Å². The van der Waals surface area contributed by atoms with E-state index in [1.165, 1.54) is 0 Å². The predicted molar refractivity (Wildman–Crippen MR) is 75.2 cm³/mol. The van der Waals surface area contributed by atoms with E-state index in [2.05, 4.69) is 10.6 Å². The molecule has 2 rings (SSSR count). The number of benzene rings is 1. The fraction of sp³-hybridized carbons (Fsp3) is 0.267. The monoisotopic (exact) mass is 258 g/mol. The lowest BCUT2D eigenvalue weighted by atomic mass is 9.90. The predicted octanol–water partition coefficient (Wildman–Crippen LogP) is 3.38. The molecule has 100 valence electrons. The van der Waals surface area contributed by atoms with Crippen LogP contribution < -0.4 is 10.6 Å². The average molecular weight is 258 g/mol. The Morgan fingerprint density at radius 3 is 2.53 bits per heavy atom. The Balaban J connectivity index is 1.87. The van der Waals surface area contributed by atoms with Gasteiger partial charge in [-0.15, -0.1) is 0 Å². The third-order valence-electron chi connectivity index (χ3n) is 2.91. The van der Waals surface area contributed by atoms with Gasteiger partial charge in [0.05, 0.1) is 6.26 Å². The van der Waals surface area contributed by atoms with Crippen molar-refractivity contribution < 1.29 is 9.21 Å². The van der Waals surface area contributed by atoms with Gasteiger partial charge in [-0.05, 0) is 24.3 Å². The first-order chi connectivity index (χ1) is 9.08. The van der Waals surface area contributed by atoms with Crippen molar-refractivity contribution in [2.24, 2.45) is 0 Å². The molecule has 0 bridgehead atoms. The summed E-state index contributed by atoms with van der Waals surface area (Å²) in [5.74, 6) is 0.854. The molecule has 2 aromatic rings. The Morgan fingerprint density at radius 2 is 1.89 bits per heavy atom. The molecule has 19 heavy (non-hydrogen) atoms. The molecule has 0 unspecified atom stereocenters. The number of anilines is 1. The Hall–Kier alpha value is -2.23. The van der Waals surface area contributed by atoms with Gasteiger partial charge in [0.25, 0.3) is 0 Å². The first-order valence-corrected chi connectivity index (χ1v) is 6.22. The molecule has 1 aromatic carbocycles. The number of para-hydroxylation sites is 1. The molecule has 4 heteroatoms. The van der Waals surface area contributed by atoms with Crippen LogP contribution in [0.2, 0.25) is 0 Å². The van der Waals surface area contributed by atoms with Crippen molar-refractivity contribution in [3.8, 4) is 0 Å². The number of hydrogen-bond donors (Lipinski definition) is 2. The maximum Gasteiger partial charge on any atom is 0.319 e. The van der Waals surface area contributed by atoms with E-state index in [9.17, 15) is 4.79 Å². The first kappa shape index (κ1) is 13.2. The summed E-state index contributed by atoms with van der Waals surface area (Å²) in [5.41, 5.74) is 0.535. The Bertz CT molecular complexity index is 518. The molecule has 1 heterocycles. The zero-order valence-electron chi connectivity index (χ0n) is 11.1. The molecule has 1 aromatic heterocycles. The number of urea groups is 1. The summed E-state index contributed by atoms with van der Waals surface area (Å²) in [6.45, 7) is 4.54. The van der Waals surface area contributed by atoms with Gasteiger partial charge < -0.3 is 15.1 Å². The molecular formula is C15H18N2O2. The van der Waals surface area contributed by atoms with Crippen LogP contribution in [0.4, 0.5) is 10.5 Å². The standard InChI is InChI=1S/C15H18N2O2/c1-15(2,13-9-6-10-19-13)11-16-14(18)17-12-7-4-3-5-8-12/h3-10H,11H2,1-2H3,(H2,16,17,18). The Morgan fingerprint density at radius 1 is 1.16 bits per heavy atom. The topological polar surface area (TPSA) is 54.3 Å². The van der Waals surface area contributed by atoms with Crippen LogP contribution in [-0.4, -0.2) is 12.6 Å². The molecule has 0 radical (unpaired) electrons. The molecule has 0 saturated heterocycles. The highest BCUT2D eigenvalue weighted by atomic mass is 16.3. The third kappa shape index (κ3) is 3.61. The van der Waals surface area contributed by atoms with Crippen molar-refractivity contribution in [2.45, 2.75) is 19.3 Å². The number of carbonyl (C=O) groups is 1. The molecule has 0 atom stereocenters. The van der Waals surface area contributed by atoms with Gasteiger partial charge in [0.1, 0.15) is 5.76 Å². The summed E-state index contributed by atoms with van der Waals surface area (Å²) in [6, 6.07) is 12.9. The molecule has 0 fully saturated rings. The fourth-order valence-corrected chi connectivity index (χ4v) is 1.75. The normalized spacial score (nSPS) is 11.1. The summed E-state index contributed by atoms with van der Waals surface area (Å²) in [5, 5.41) is 5.63. The lowest BCUT2D eigenvalue weighted by Crippen LogP contribution is -2.38. The maximum absolute atomic E-state index is 11.8. The van der Waals surface area contributed by atoms with Crippen molar-refractivity contribution in [2.75, 3.05) is 11.9 Å². The second-order valence-electron chi connectivity index (χ2n) is 5.03. The van der Waals surface area contributed by atoms with Crippen LogP contribution in [0.25, 0.3) is 0 Å². The number of rotatable bonds is 4. The summed E-state index contributed by atoms with van der Waals surface area (Å²) in [6.07, 6.45) is 1.64. The van der Waals surface area contributed by atoms with Gasteiger partial charge in [0.2, 0.25) is 0 Å². The summed E-state index contributed by atoms with van der Waals surface area (Å²) in [4.78, 5) is 11.8. The highest BCUT2D eigenvalue weighted by molar-refractivity contribution is 5.89. The van der Waals surface area contributed by atoms with Crippen molar-refractivity contribution in [3.05, 3.63) is 54.5 Å². The molecule has 0 aliphatic carbocycles. The average Bonchev–Trinajstić information content (AvgIpc) is 2.92. The van der Waals surface area contributed by atoms with Crippen molar-refractivity contribution in [1.82, 2.24) is 5.32 Å². The lowest BCUT2D eigenvalue weighted by molar-refractivity contribution is 0.248. The Kier molecular flexibility index (Phi) is 3.90. The number of furan rings is 1. The van der Waals surface area contributed by atoms with Gasteiger partial charge in [-0.3, -0.25) is 0 Å². The highest BCUT2D eigenvalue weighted by Gasteiger charge is 2.24. The smallest absolute Gasteiger partial charge is 0.319 e. The molecule has 0 aliphatic heterocycles. The van der Waals surface area contributed by atoms with Crippen LogP contribution in [0.15, 0.2) is 53.1 Å². The minimum Gasteiger partial charge on any atom is -0.469 e. The molecule has 2 N–H and O–H groups in total.